The molecule has 1 heterocycles. The first-order chi connectivity index (χ1) is 15.4. The lowest BCUT2D eigenvalue weighted by Gasteiger charge is -2.32. The zero-order valence-corrected chi connectivity index (χ0v) is 21.1. The molecule has 0 spiro atoms. The van der Waals surface area contributed by atoms with Crippen molar-refractivity contribution in [1.29, 1.82) is 0 Å². The minimum absolute atomic E-state index is 0.121. The third kappa shape index (κ3) is 7.23. The first-order valence-electron chi connectivity index (χ1n) is 12.6. The number of fused-ring (bicyclic) bond motifs is 1. The van der Waals surface area contributed by atoms with E-state index < -0.39 is 0 Å². The van der Waals surface area contributed by atoms with Crippen molar-refractivity contribution in [2.24, 2.45) is 16.1 Å². The number of nitrogens with zero attached hydrogens (tertiary/aromatic N) is 3. The number of hydrogen-bond acceptors (Lipinski definition) is 4. The van der Waals surface area contributed by atoms with Gasteiger partial charge < -0.3 is 10.6 Å². The van der Waals surface area contributed by atoms with Crippen molar-refractivity contribution in [1.82, 2.24) is 9.80 Å². The molecule has 0 radical (unpaired) electrons. The fourth-order valence-electron chi connectivity index (χ4n) is 4.75. The molecule has 0 saturated heterocycles. The van der Waals surface area contributed by atoms with Crippen LogP contribution in [-0.2, 0) is 0 Å². The van der Waals surface area contributed by atoms with E-state index in [0.717, 1.165) is 76.2 Å². The molecular weight excluding hydrogens is 392 g/mol. The van der Waals surface area contributed by atoms with Crippen molar-refractivity contribution in [3.63, 3.8) is 0 Å². The Labute approximate surface area is 197 Å². The highest BCUT2D eigenvalue weighted by molar-refractivity contribution is 5.85. The molecule has 2 N–H and O–H groups in total. The van der Waals surface area contributed by atoms with Crippen LogP contribution in [0.3, 0.4) is 0 Å². The number of rotatable bonds is 14. The molecule has 1 aliphatic heterocycles. The lowest BCUT2D eigenvalue weighted by atomic mass is 9.77. The van der Waals surface area contributed by atoms with Gasteiger partial charge in [-0.1, -0.05) is 58.1 Å². The number of nitrogens with two attached hydrogens (primary N) is 1. The molecule has 1 unspecified atom stereocenters. The van der Waals surface area contributed by atoms with Crippen molar-refractivity contribution < 1.29 is 0 Å². The summed E-state index contributed by atoms with van der Waals surface area (Å²) in [5, 5.41) is 0. The Morgan fingerprint density at radius 3 is 2.47 bits per heavy atom. The van der Waals surface area contributed by atoms with Gasteiger partial charge in [0.25, 0.3) is 0 Å². The summed E-state index contributed by atoms with van der Waals surface area (Å²) in [6.45, 7) is 22.6. The first-order valence-corrected chi connectivity index (χ1v) is 12.6. The van der Waals surface area contributed by atoms with Crippen molar-refractivity contribution in [3.05, 3.63) is 60.0 Å². The van der Waals surface area contributed by atoms with Crippen LogP contribution in [0.4, 0.5) is 0 Å². The number of aliphatic imine (C=N–C) groups is 1. The van der Waals surface area contributed by atoms with Crippen molar-refractivity contribution in [2.45, 2.75) is 72.6 Å². The Bertz CT molecular complexity index is 764. The average molecular weight is 439 g/mol. The molecule has 0 bridgehead atoms. The summed E-state index contributed by atoms with van der Waals surface area (Å²) in [6, 6.07) is 0. The van der Waals surface area contributed by atoms with E-state index in [1.807, 2.05) is 6.08 Å². The SMILES string of the molecule is C=CCN(CCC)CCCC1=CCC2(C)C=C(C(=C)N(CCC)CCC)CC(N)=NC2=C1. The highest BCUT2D eigenvalue weighted by Crippen LogP contribution is 2.43. The summed E-state index contributed by atoms with van der Waals surface area (Å²) in [6.07, 6.45) is 16.4. The van der Waals surface area contributed by atoms with Gasteiger partial charge in [-0.25, -0.2) is 4.99 Å². The third-order valence-electron chi connectivity index (χ3n) is 6.43. The maximum Gasteiger partial charge on any atom is 0.104 e. The van der Waals surface area contributed by atoms with Gasteiger partial charge in [-0.3, -0.25) is 4.90 Å². The van der Waals surface area contributed by atoms with Gasteiger partial charge in [0.05, 0.1) is 5.70 Å². The van der Waals surface area contributed by atoms with Crippen LogP contribution in [0.15, 0.2) is 65.0 Å². The third-order valence-corrected chi connectivity index (χ3v) is 6.43. The Balaban J connectivity index is 2.14. The largest absolute Gasteiger partial charge is 0.387 e. The summed E-state index contributed by atoms with van der Waals surface area (Å²) in [5.41, 5.74) is 11.1. The van der Waals surface area contributed by atoms with Gasteiger partial charge in [0.1, 0.15) is 5.84 Å². The highest BCUT2D eigenvalue weighted by Gasteiger charge is 2.32. The van der Waals surface area contributed by atoms with E-state index in [1.165, 1.54) is 17.6 Å². The van der Waals surface area contributed by atoms with Crippen LogP contribution in [0.2, 0.25) is 0 Å². The lowest BCUT2D eigenvalue weighted by Crippen LogP contribution is -2.27. The molecule has 0 amide bonds. The molecule has 0 aromatic carbocycles. The van der Waals surface area contributed by atoms with E-state index in [9.17, 15) is 0 Å². The maximum atomic E-state index is 6.40. The van der Waals surface area contributed by atoms with Crippen LogP contribution < -0.4 is 5.73 Å². The molecule has 0 aromatic rings. The average Bonchev–Trinajstić information content (AvgIpc) is 2.88. The Hall–Kier alpha value is -2.07. The minimum Gasteiger partial charge on any atom is -0.387 e. The van der Waals surface area contributed by atoms with Crippen LogP contribution in [0, 0.1) is 5.41 Å². The molecule has 1 atom stereocenters. The van der Waals surface area contributed by atoms with E-state index in [1.54, 1.807) is 0 Å². The van der Waals surface area contributed by atoms with Crippen molar-refractivity contribution in [3.8, 4) is 0 Å². The monoisotopic (exact) mass is 438 g/mol. The van der Waals surface area contributed by atoms with Crippen molar-refractivity contribution >= 4 is 5.84 Å². The van der Waals surface area contributed by atoms with Crippen LogP contribution >= 0.6 is 0 Å². The number of amidine groups is 1. The van der Waals surface area contributed by atoms with Crippen molar-refractivity contribution in [2.75, 3.05) is 32.7 Å². The predicted octanol–water partition coefficient (Wildman–Crippen LogP) is 6.21. The molecular formula is C28H46N4. The van der Waals surface area contributed by atoms with Crippen LogP contribution in [0.5, 0.6) is 0 Å². The molecule has 1 aliphatic carbocycles. The summed E-state index contributed by atoms with van der Waals surface area (Å²) >= 11 is 0. The van der Waals surface area contributed by atoms with Gasteiger partial charge in [0.15, 0.2) is 0 Å². The Morgan fingerprint density at radius 1 is 1.16 bits per heavy atom. The van der Waals surface area contributed by atoms with Gasteiger partial charge in [-0.2, -0.15) is 0 Å². The summed E-state index contributed by atoms with van der Waals surface area (Å²) in [5.74, 6) is 0.696. The normalized spacial score (nSPS) is 20.5. The molecule has 178 valence electrons. The van der Waals surface area contributed by atoms with Gasteiger partial charge in [-0.05, 0) is 63.3 Å². The van der Waals surface area contributed by atoms with Crippen LogP contribution in [0.25, 0.3) is 0 Å². The summed E-state index contributed by atoms with van der Waals surface area (Å²) in [7, 11) is 0. The standard InChI is InChI=1S/C28H46N4/c1-7-15-31(16-8-2)19-11-12-24-13-14-28(6)22-25(21-27(29)30-26(28)20-24)23(5)32(17-9-3)18-10-4/h7,13,20,22H,1,5,8-12,14-19,21H2,2-4,6H3,(H2,29,30). The molecule has 0 aromatic heterocycles. The maximum absolute atomic E-state index is 6.40. The smallest absolute Gasteiger partial charge is 0.104 e. The molecule has 2 aliphatic rings. The van der Waals surface area contributed by atoms with Gasteiger partial charge in [0, 0.05) is 37.2 Å². The highest BCUT2D eigenvalue weighted by atomic mass is 15.1. The second-order valence-corrected chi connectivity index (χ2v) is 9.51. The zero-order valence-electron chi connectivity index (χ0n) is 21.1. The molecule has 0 saturated carbocycles. The van der Waals surface area contributed by atoms with Crippen LogP contribution in [-0.4, -0.2) is 48.4 Å². The zero-order chi connectivity index (χ0) is 23.6. The minimum atomic E-state index is -0.121. The van der Waals surface area contributed by atoms with E-state index in [4.69, 9.17) is 10.7 Å². The molecule has 2 rings (SSSR count). The second-order valence-electron chi connectivity index (χ2n) is 9.51. The quantitative estimate of drug-likeness (QED) is 0.328. The first kappa shape index (κ1) is 26.2. The molecule has 4 heteroatoms. The molecule has 32 heavy (non-hydrogen) atoms. The van der Waals surface area contributed by atoms with E-state index in [-0.39, 0.29) is 5.41 Å². The predicted molar refractivity (Wildman–Crippen MR) is 141 cm³/mol. The second kappa shape index (κ2) is 12.8. The summed E-state index contributed by atoms with van der Waals surface area (Å²) < 4.78 is 0. The fraction of sp³-hybridized carbons (Fsp3) is 0.607. The van der Waals surface area contributed by atoms with Gasteiger partial charge >= 0.3 is 0 Å². The lowest BCUT2D eigenvalue weighted by molar-refractivity contribution is 0.299. The van der Waals surface area contributed by atoms with E-state index >= 15 is 0 Å². The fourth-order valence-corrected chi connectivity index (χ4v) is 4.75. The topological polar surface area (TPSA) is 44.9 Å². The number of hydrogen-bond donors (Lipinski definition) is 1. The van der Waals surface area contributed by atoms with Gasteiger partial charge in [0.2, 0.25) is 0 Å². The molecule has 0 fully saturated rings. The Morgan fingerprint density at radius 2 is 1.84 bits per heavy atom. The van der Waals surface area contributed by atoms with E-state index in [0.29, 0.717) is 12.3 Å². The van der Waals surface area contributed by atoms with Crippen LogP contribution in [0.1, 0.15) is 72.6 Å². The van der Waals surface area contributed by atoms with Gasteiger partial charge in [-0.15, -0.1) is 6.58 Å². The Kier molecular flexibility index (Phi) is 10.5. The molecule has 4 nitrogen and oxygen atoms in total. The summed E-state index contributed by atoms with van der Waals surface area (Å²) in [4.78, 5) is 9.78. The van der Waals surface area contributed by atoms with E-state index in [2.05, 4.69) is 68.9 Å². The number of allylic oxidation sites excluding steroid dienone is 5.